The van der Waals surface area contributed by atoms with E-state index in [1.165, 1.54) is 7.11 Å². The summed E-state index contributed by atoms with van der Waals surface area (Å²) in [5.74, 6) is -1.44. The van der Waals surface area contributed by atoms with E-state index in [-0.39, 0.29) is 0 Å². The maximum atomic E-state index is 11.8. The third kappa shape index (κ3) is 1.82. The lowest BCUT2D eigenvalue weighted by Crippen LogP contribution is -2.15. The summed E-state index contributed by atoms with van der Waals surface area (Å²) in [5.41, 5.74) is 2.42. The number of aromatic nitrogens is 1. The first-order chi connectivity index (χ1) is 8.04. The number of esters is 1. The minimum absolute atomic E-state index is 0.384. The van der Waals surface area contributed by atoms with Crippen molar-refractivity contribution in [2.75, 3.05) is 7.11 Å². The maximum absolute atomic E-state index is 11.8. The monoisotopic (exact) mass is 231 g/mol. The molecule has 0 aliphatic rings. The second-order valence-electron chi connectivity index (χ2n) is 3.99. The van der Waals surface area contributed by atoms with Crippen LogP contribution >= 0.6 is 0 Å². The number of ketones is 1. The Balaban J connectivity index is 2.64. The van der Waals surface area contributed by atoms with Crippen LogP contribution in [-0.2, 0) is 16.6 Å². The molecule has 0 fully saturated rings. The van der Waals surface area contributed by atoms with Gasteiger partial charge in [0.15, 0.2) is 0 Å². The molecule has 0 saturated carbocycles. The van der Waals surface area contributed by atoms with Gasteiger partial charge in [0.25, 0.3) is 5.78 Å². The zero-order valence-electron chi connectivity index (χ0n) is 9.98. The molecule has 2 aromatic rings. The van der Waals surface area contributed by atoms with E-state index in [4.69, 9.17) is 0 Å². The van der Waals surface area contributed by atoms with Crippen molar-refractivity contribution in [3.63, 3.8) is 0 Å². The van der Waals surface area contributed by atoms with Crippen molar-refractivity contribution in [3.05, 3.63) is 35.5 Å². The van der Waals surface area contributed by atoms with E-state index in [2.05, 4.69) is 4.74 Å². The number of carbonyl (C=O) groups excluding carboxylic acids is 2. The molecule has 17 heavy (non-hydrogen) atoms. The minimum atomic E-state index is -0.835. The fourth-order valence-electron chi connectivity index (χ4n) is 1.88. The molecule has 1 heterocycles. The van der Waals surface area contributed by atoms with E-state index in [9.17, 15) is 9.59 Å². The summed E-state index contributed by atoms with van der Waals surface area (Å²) in [6, 6.07) is 5.74. The van der Waals surface area contributed by atoms with Crippen molar-refractivity contribution in [2.45, 2.75) is 6.92 Å². The van der Waals surface area contributed by atoms with Gasteiger partial charge in [0.2, 0.25) is 0 Å². The molecule has 1 aromatic heterocycles. The van der Waals surface area contributed by atoms with Crippen molar-refractivity contribution >= 4 is 22.7 Å². The molecule has 0 N–H and O–H groups in total. The van der Waals surface area contributed by atoms with Gasteiger partial charge in [0, 0.05) is 24.1 Å². The standard InChI is InChI=1S/C13H13NO3/c1-8-4-5-9-10(12(15)13(16)17-3)7-14(2)11(9)6-8/h4-7H,1-3H3. The Morgan fingerprint density at radius 3 is 2.65 bits per heavy atom. The number of methoxy groups -OCH3 is 1. The van der Waals surface area contributed by atoms with Crippen molar-refractivity contribution in [1.29, 1.82) is 0 Å². The maximum Gasteiger partial charge on any atom is 0.379 e. The molecule has 4 nitrogen and oxygen atoms in total. The third-order valence-corrected chi connectivity index (χ3v) is 2.76. The molecule has 2 rings (SSSR count). The Labute approximate surface area is 98.8 Å². The highest BCUT2D eigenvalue weighted by Gasteiger charge is 2.21. The van der Waals surface area contributed by atoms with Crippen LogP contribution in [0.4, 0.5) is 0 Å². The highest BCUT2D eigenvalue weighted by Crippen LogP contribution is 2.22. The van der Waals surface area contributed by atoms with Gasteiger partial charge in [-0.25, -0.2) is 4.79 Å². The molecule has 4 heteroatoms. The van der Waals surface area contributed by atoms with Gasteiger partial charge in [-0.3, -0.25) is 4.79 Å². The Morgan fingerprint density at radius 2 is 2.00 bits per heavy atom. The minimum Gasteiger partial charge on any atom is -0.463 e. The zero-order valence-corrected chi connectivity index (χ0v) is 9.98. The normalized spacial score (nSPS) is 10.5. The zero-order chi connectivity index (χ0) is 12.6. The molecule has 0 radical (unpaired) electrons. The molecule has 0 aliphatic heterocycles. The number of fused-ring (bicyclic) bond motifs is 1. The average molecular weight is 231 g/mol. The summed E-state index contributed by atoms with van der Waals surface area (Å²) < 4.78 is 6.28. The number of aryl methyl sites for hydroxylation is 2. The smallest absolute Gasteiger partial charge is 0.379 e. The first-order valence-electron chi connectivity index (χ1n) is 5.23. The Hall–Kier alpha value is -2.10. The number of Topliss-reactive ketones (excluding diaryl/α,β-unsaturated/α-hetero) is 1. The topological polar surface area (TPSA) is 48.3 Å². The van der Waals surface area contributed by atoms with E-state index >= 15 is 0 Å². The first kappa shape index (κ1) is 11.4. The molecule has 88 valence electrons. The van der Waals surface area contributed by atoms with E-state index in [0.717, 1.165) is 16.5 Å². The second kappa shape index (κ2) is 4.05. The van der Waals surface area contributed by atoms with Gasteiger partial charge in [-0.05, 0) is 18.6 Å². The fraction of sp³-hybridized carbons (Fsp3) is 0.231. The number of nitrogens with zero attached hydrogens (tertiary/aromatic N) is 1. The van der Waals surface area contributed by atoms with Crippen LogP contribution in [0.25, 0.3) is 10.9 Å². The quantitative estimate of drug-likeness (QED) is 0.450. The number of carbonyl (C=O) groups is 2. The predicted octanol–water partition coefficient (Wildman–Crippen LogP) is 1.84. The first-order valence-corrected chi connectivity index (χ1v) is 5.23. The molecule has 0 bridgehead atoms. The summed E-state index contributed by atoms with van der Waals surface area (Å²) in [6.07, 6.45) is 1.66. The number of rotatable bonds is 2. The van der Waals surface area contributed by atoms with Crippen LogP contribution in [0, 0.1) is 6.92 Å². The summed E-state index contributed by atoms with van der Waals surface area (Å²) in [4.78, 5) is 23.1. The largest absolute Gasteiger partial charge is 0.463 e. The van der Waals surface area contributed by atoms with E-state index in [0.29, 0.717) is 5.56 Å². The van der Waals surface area contributed by atoms with Gasteiger partial charge in [-0.15, -0.1) is 0 Å². The van der Waals surface area contributed by atoms with Gasteiger partial charge in [-0.1, -0.05) is 12.1 Å². The van der Waals surface area contributed by atoms with E-state index in [1.54, 1.807) is 6.20 Å². The van der Waals surface area contributed by atoms with E-state index in [1.807, 2.05) is 36.7 Å². The van der Waals surface area contributed by atoms with Crippen LogP contribution in [0.15, 0.2) is 24.4 Å². The Morgan fingerprint density at radius 1 is 1.29 bits per heavy atom. The van der Waals surface area contributed by atoms with Crippen LogP contribution in [0.3, 0.4) is 0 Å². The molecule has 0 aliphatic carbocycles. The van der Waals surface area contributed by atoms with Crippen LogP contribution in [0.5, 0.6) is 0 Å². The van der Waals surface area contributed by atoms with Crippen LogP contribution < -0.4 is 0 Å². The molecular formula is C13H13NO3. The Bertz CT molecular complexity index is 610. The molecular weight excluding hydrogens is 218 g/mol. The van der Waals surface area contributed by atoms with Crippen molar-refractivity contribution in [2.24, 2.45) is 7.05 Å². The fourth-order valence-corrected chi connectivity index (χ4v) is 1.88. The molecule has 0 atom stereocenters. The van der Waals surface area contributed by atoms with Crippen molar-refractivity contribution in [3.8, 4) is 0 Å². The number of ether oxygens (including phenoxy) is 1. The van der Waals surface area contributed by atoms with Crippen LogP contribution in [0.2, 0.25) is 0 Å². The van der Waals surface area contributed by atoms with Crippen molar-refractivity contribution in [1.82, 2.24) is 4.57 Å². The van der Waals surface area contributed by atoms with Gasteiger partial charge in [0.1, 0.15) is 0 Å². The van der Waals surface area contributed by atoms with Crippen LogP contribution in [-0.4, -0.2) is 23.4 Å². The summed E-state index contributed by atoms with van der Waals surface area (Å²) >= 11 is 0. The highest BCUT2D eigenvalue weighted by molar-refractivity contribution is 6.42. The molecule has 0 spiro atoms. The van der Waals surface area contributed by atoms with Gasteiger partial charge in [-0.2, -0.15) is 0 Å². The van der Waals surface area contributed by atoms with Gasteiger partial charge < -0.3 is 9.30 Å². The molecule has 0 saturated heterocycles. The second-order valence-corrected chi connectivity index (χ2v) is 3.99. The van der Waals surface area contributed by atoms with Gasteiger partial charge in [0.05, 0.1) is 12.7 Å². The molecule has 1 aromatic carbocycles. The lowest BCUT2D eigenvalue weighted by atomic mass is 10.1. The average Bonchev–Trinajstić information content (AvgIpc) is 2.64. The van der Waals surface area contributed by atoms with Crippen molar-refractivity contribution < 1.29 is 14.3 Å². The highest BCUT2D eigenvalue weighted by atomic mass is 16.5. The number of hydrogen-bond donors (Lipinski definition) is 0. The van der Waals surface area contributed by atoms with Crippen LogP contribution in [0.1, 0.15) is 15.9 Å². The van der Waals surface area contributed by atoms with E-state index < -0.39 is 11.8 Å². The lowest BCUT2D eigenvalue weighted by Gasteiger charge is -1.98. The summed E-state index contributed by atoms with van der Waals surface area (Å²) in [5, 5.41) is 0.772. The predicted molar refractivity (Wildman–Crippen MR) is 64.0 cm³/mol. The molecule has 0 unspecified atom stereocenters. The summed E-state index contributed by atoms with van der Waals surface area (Å²) in [6.45, 7) is 1.98. The number of benzene rings is 1. The third-order valence-electron chi connectivity index (χ3n) is 2.76. The SMILES string of the molecule is COC(=O)C(=O)c1cn(C)c2cc(C)ccc12. The number of hydrogen-bond acceptors (Lipinski definition) is 3. The molecule has 0 amide bonds. The van der Waals surface area contributed by atoms with Gasteiger partial charge >= 0.3 is 5.97 Å². The Kier molecular flexibility index (Phi) is 2.71. The summed E-state index contributed by atoms with van der Waals surface area (Å²) in [7, 11) is 3.05. The lowest BCUT2D eigenvalue weighted by molar-refractivity contribution is -0.135.